The molecule has 1 aromatic carbocycles. The second-order valence-corrected chi connectivity index (χ2v) is 5.98. The SMILES string of the molecule is CC1(C)OC[C@@H]([C@@H](C[N+](=O)[O-])c2ccc(Cl)c(Cl)c2)O1. The van der Waals surface area contributed by atoms with E-state index in [-0.39, 0.29) is 17.6 Å². The van der Waals surface area contributed by atoms with Crippen molar-refractivity contribution in [3.05, 3.63) is 43.9 Å². The summed E-state index contributed by atoms with van der Waals surface area (Å²) in [5, 5.41) is 11.7. The maximum Gasteiger partial charge on any atom is 0.213 e. The van der Waals surface area contributed by atoms with Crippen LogP contribution in [0.25, 0.3) is 0 Å². The van der Waals surface area contributed by atoms with E-state index < -0.39 is 11.7 Å². The van der Waals surface area contributed by atoms with Crippen molar-refractivity contribution in [3.8, 4) is 0 Å². The maximum atomic E-state index is 10.9. The third kappa shape index (κ3) is 3.61. The van der Waals surface area contributed by atoms with Crippen molar-refractivity contribution in [2.45, 2.75) is 31.7 Å². The molecule has 0 N–H and O–H groups in total. The number of nitro groups is 1. The van der Waals surface area contributed by atoms with Crippen LogP contribution in [0, 0.1) is 10.1 Å². The molecule has 0 amide bonds. The number of halogens is 2. The molecule has 1 aromatic rings. The summed E-state index contributed by atoms with van der Waals surface area (Å²) in [5.74, 6) is -1.16. The van der Waals surface area contributed by atoms with Gasteiger partial charge in [0.05, 0.1) is 28.7 Å². The molecule has 0 bridgehead atoms. The van der Waals surface area contributed by atoms with Gasteiger partial charge in [0, 0.05) is 4.92 Å². The Kier molecular flexibility index (Phi) is 4.54. The number of hydrogen-bond donors (Lipinski definition) is 0. The van der Waals surface area contributed by atoms with Crippen molar-refractivity contribution in [2.24, 2.45) is 0 Å². The minimum atomic E-state index is -0.726. The van der Waals surface area contributed by atoms with Crippen molar-refractivity contribution in [1.29, 1.82) is 0 Å². The zero-order valence-electron chi connectivity index (χ0n) is 11.1. The fourth-order valence-corrected chi connectivity index (χ4v) is 2.56. The zero-order chi connectivity index (χ0) is 14.9. The Labute approximate surface area is 126 Å². The predicted molar refractivity (Wildman–Crippen MR) is 76.0 cm³/mol. The average Bonchev–Trinajstić information content (AvgIpc) is 2.70. The van der Waals surface area contributed by atoms with Crippen LogP contribution in [0.15, 0.2) is 18.2 Å². The molecule has 1 saturated heterocycles. The Morgan fingerprint density at radius 1 is 1.45 bits per heavy atom. The van der Waals surface area contributed by atoms with E-state index >= 15 is 0 Å². The maximum absolute atomic E-state index is 10.9. The van der Waals surface area contributed by atoms with Gasteiger partial charge in [0.2, 0.25) is 6.54 Å². The largest absolute Gasteiger partial charge is 0.348 e. The molecule has 110 valence electrons. The third-order valence-electron chi connectivity index (χ3n) is 3.20. The van der Waals surface area contributed by atoms with Gasteiger partial charge in [-0.15, -0.1) is 0 Å². The van der Waals surface area contributed by atoms with Crippen molar-refractivity contribution in [2.75, 3.05) is 13.2 Å². The highest BCUT2D eigenvalue weighted by Gasteiger charge is 2.40. The summed E-state index contributed by atoms with van der Waals surface area (Å²) in [4.78, 5) is 10.5. The molecule has 1 fully saturated rings. The van der Waals surface area contributed by atoms with E-state index in [1.807, 2.05) is 0 Å². The molecule has 2 rings (SSSR count). The first-order chi connectivity index (χ1) is 9.28. The van der Waals surface area contributed by atoms with Crippen LogP contribution in [-0.4, -0.2) is 30.0 Å². The molecule has 1 heterocycles. The Morgan fingerprint density at radius 2 is 2.15 bits per heavy atom. The average molecular weight is 320 g/mol. The molecule has 2 atom stereocenters. The lowest BCUT2D eigenvalue weighted by atomic mass is 9.93. The van der Waals surface area contributed by atoms with Gasteiger partial charge in [-0.3, -0.25) is 10.1 Å². The summed E-state index contributed by atoms with van der Waals surface area (Å²) >= 11 is 11.9. The van der Waals surface area contributed by atoms with Gasteiger partial charge in [0.25, 0.3) is 0 Å². The van der Waals surface area contributed by atoms with E-state index in [1.165, 1.54) is 0 Å². The Bertz CT molecular complexity index is 521. The van der Waals surface area contributed by atoms with Crippen LogP contribution in [-0.2, 0) is 9.47 Å². The number of ether oxygens (including phenoxy) is 2. The first kappa shape index (κ1) is 15.5. The molecule has 1 aliphatic rings. The highest BCUT2D eigenvalue weighted by molar-refractivity contribution is 6.42. The summed E-state index contributed by atoms with van der Waals surface area (Å²) in [6.45, 7) is 3.63. The van der Waals surface area contributed by atoms with E-state index in [2.05, 4.69) is 0 Å². The normalized spacial score (nSPS) is 22.7. The fraction of sp³-hybridized carbons (Fsp3) is 0.538. The topological polar surface area (TPSA) is 61.6 Å². The molecule has 0 aromatic heterocycles. The van der Waals surface area contributed by atoms with Crippen molar-refractivity contribution < 1.29 is 14.4 Å². The van der Waals surface area contributed by atoms with Gasteiger partial charge in [-0.05, 0) is 31.5 Å². The van der Waals surface area contributed by atoms with Crippen LogP contribution in [0.5, 0.6) is 0 Å². The van der Waals surface area contributed by atoms with Gasteiger partial charge in [0.1, 0.15) is 0 Å². The molecular weight excluding hydrogens is 305 g/mol. The number of nitrogens with zero attached hydrogens (tertiary/aromatic N) is 1. The second-order valence-electron chi connectivity index (χ2n) is 5.16. The van der Waals surface area contributed by atoms with E-state index in [0.29, 0.717) is 16.7 Å². The highest BCUT2D eigenvalue weighted by Crippen LogP contribution is 2.34. The predicted octanol–water partition coefficient (Wildman–Crippen LogP) is 3.51. The molecule has 20 heavy (non-hydrogen) atoms. The molecule has 0 radical (unpaired) electrons. The lowest BCUT2D eigenvalue weighted by Crippen LogP contribution is -2.29. The number of hydrogen-bond acceptors (Lipinski definition) is 4. The quantitative estimate of drug-likeness (QED) is 0.629. The lowest BCUT2D eigenvalue weighted by molar-refractivity contribution is -0.485. The van der Waals surface area contributed by atoms with E-state index in [4.69, 9.17) is 32.7 Å². The summed E-state index contributed by atoms with van der Waals surface area (Å²) in [5.41, 5.74) is 0.724. The van der Waals surface area contributed by atoms with Gasteiger partial charge in [-0.25, -0.2) is 0 Å². The Morgan fingerprint density at radius 3 is 2.65 bits per heavy atom. The first-order valence-corrected chi connectivity index (χ1v) is 6.92. The smallest absolute Gasteiger partial charge is 0.213 e. The second kappa shape index (κ2) is 5.85. The standard InChI is InChI=1S/C13H15Cl2NO4/c1-13(2)19-7-12(20-13)9(6-16(17)18)8-3-4-10(14)11(15)5-8/h3-5,9,12H,6-7H2,1-2H3/t9-,12-/m0/s1. The first-order valence-electron chi connectivity index (χ1n) is 6.17. The Hall–Kier alpha value is -0.880. The fourth-order valence-electron chi connectivity index (χ4n) is 2.25. The molecule has 5 nitrogen and oxygen atoms in total. The van der Waals surface area contributed by atoms with Crippen LogP contribution in [0.4, 0.5) is 0 Å². The Balaban J connectivity index is 2.27. The number of rotatable bonds is 4. The summed E-state index contributed by atoms with van der Waals surface area (Å²) in [7, 11) is 0. The monoisotopic (exact) mass is 319 g/mol. The minimum Gasteiger partial charge on any atom is -0.348 e. The van der Waals surface area contributed by atoms with Gasteiger partial charge >= 0.3 is 0 Å². The van der Waals surface area contributed by atoms with Gasteiger partial charge in [-0.1, -0.05) is 29.3 Å². The minimum absolute atomic E-state index is 0.248. The molecular formula is C13H15Cl2NO4. The van der Waals surface area contributed by atoms with Gasteiger partial charge in [0.15, 0.2) is 5.79 Å². The molecule has 0 unspecified atom stereocenters. The molecule has 0 saturated carbocycles. The lowest BCUT2D eigenvalue weighted by Gasteiger charge is -2.22. The summed E-state index contributed by atoms with van der Waals surface area (Å²) < 4.78 is 11.2. The van der Waals surface area contributed by atoms with Gasteiger partial charge < -0.3 is 9.47 Å². The van der Waals surface area contributed by atoms with E-state index in [1.54, 1.807) is 32.0 Å². The van der Waals surface area contributed by atoms with Crippen LogP contribution in [0.2, 0.25) is 10.0 Å². The molecule has 0 spiro atoms. The third-order valence-corrected chi connectivity index (χ3v) is 3.94. The molecule has 0 aliphatic carbocycles. The highest BCUT2D eigenvalue weighted by atomic mass is 35.5. The van der Waals surface area contributed by atoms with Crippen LogP contribution in [0.1, 0.15) is 25.3 Å². The van der Waals surface area contributed by atoms with Gasteiger partial charge in [-0.2, -0.15) is 0 Å². The summed E-state index contributed by atoms with van der Waals surface area (Å²) in [6.07, 6.45) is -0.382. The zero-order valence-corrected chi connectivity index (χ0v) is 12.6. The molecule has 1 aliphatic heterocycles. The van der Waals surface area contributed by atoms with Crippen LogP contribution < -0.4 is 0 Å². The van der Waals surface area contributed by atoms with Crippen LogP contribution >= 0.6 is 23.2 Å². The van der Waals surface area contributed by atoms with Crippen LogP contribution in [0.3, 0.4) is 0 Å². The van der Waals surface area contributed by atoms with Crippen molar-refractivity contribution in [3.63, 3.8) is 0 Å². The van der Waals surface area contributed by atoms with E-state index in [0.717, 1.165) is 5.56 Å². The van der Waals surface area contributed by atoms with Crippen molar-refractivity contribution in [1.82, 2.24) is 0 Å². The van der Waals surface area contributed by atoms with E-state index in [9.17, 15) is 10.1 Å². The van der Waals surface area contributed by atoms with Crippen molar-refractivity contribution >= 4 is 23.2 Å². The molecule has 7 heteroatoms. The number of benzene rings is 1. The summed E-state index contributed by atoms with van der Waals surface area (Å²) in [6, 6.07) is 5.01.